The molecule has 0 amide bonds. The topological polar surface area (TPSA) is 113 Å². The molecule has 0 atom stereocenters. The first-order valence-electron chi connectivity index (χ1n) is 9.12. The summed E-state index contributed by atoms with van der Waals surface area (Å²) in [6, 6.07) is 3.50. The molecule has 2 N–H and O–H groups in total. The zero-order valence-electron chi connectivity index (χ0n) is 16.2. The molecule has 1 aromatic carbocycles. The van der Waals surface area contributed by atoms with Gasteiger partial charge in [0.25, 0.3) is 5.56 Å². The van der Waals surface area contributed by atoms with Gasteiger partial charge < -0.3 is 19.6 Å². The highest BCUT2D eigenvalue weighted by molar-refractivity contribution is 5.53. The van der Waals surface area contributed by atoms with Gasteiger partial charge in [0.05, 0.1) is 25.5 Å². The summed E-state index contributed by atoms with van der Waals surface area (Å²) in [4.78, 5) is 30.1. The predicted octanol–water partition coefficient (Wildman–Crippen LogP) is 1.51. The van der Waals surface area contributed by atoms with E-state index >= 15 is 0 Å². The molecule has 4 rings (SSSR count). The van der Waals surface area contributed by atoms with Gasteiger partial charge >= 0.3 is 0 Å². The number of ether oxygens (including phenoxy) is 2. The molecule has 0 radical (unpaired) electrons. The smallest absolute Gasteiger partial charge is 0.254 e. The van der Waals surface area contributed by atoms with E-state index in [4.69, 9.17) is 9.47 Å². The van der Waals surface area contributed by atoms with Gasteiger partial charge in [0, 0.05) is 37.6 Å². The van der Waals surface area contributed by atoms with Gasteiger partial charge in [0.2, 0.25) is 5.75 Å². The van der Waals surface area contributed by atoms with Gasteiger partial charge in [-0.15, -0.1) is 0 Å². The summed E-state index contributed by atoms with van der Waals surface area (Å²) in [6.07, 6.45) is 5.26. The number of fused-ring (bicyclic) bond motifs is 1. The lowest BCUT2D eigenvalue weighted by Crippen LogP contribution is -2.35. The highest BCUT2D eigenvalue weighted by Gasteiger charge is 2.22. The Bertz CT molecular complexity index is 1080. The Kier molecular flexibility index (Phi) is 5.13. The van der Waals surface area contributed by atoms with Crippen LogP contribution < -0.4 is 15.0 Å². The Morgan fingerprint density at radius 1 is 1.21 bits per heavy atom. The minimum absolute atomic E-state index is 0.0280. The van der Waals surface area contributed by atoms with Crippen molar-refractivity contribution in [3.63, 3.8) is 0 Å². The summed E-state index contributed by atoms with van der Waals surface area (Å²) in [6.45, 7) is 1.81. The third kappa shape index (κ3) is 3.77. The minimum atomic E-state index is -0.128. The van der Waals surface area contributed by atoms with E-state index in [1.807, 2.05) is 6.07 Å². The molecule has 0 saturated heterocycles. The molecule has 29 heavy (non-hydrogen) atoms. The number of nitrogens with one attached hydrogen (secondary N) is 1. The van der Waals surface area contributed by atoms with Crippen molar-refractivity contribution in [2.75, 3.05) is 20.8 Å². The Labute approximate surface area is 167 Å². The molecule has 1 aliphatic rings. The van der Waals surface area contributed by atoms with Crippen LogP contribution in [-0.4, -0.2) is 50.7 Å². The van der Waals surface area contributed by atoms with Crippen LogP contribution in [0.15, 0.2) is 35.6 Å². The lowest BCUT2D eigenvalue weighted by Gasteiger charge is -2.28. The van der Waals surface area contributed by atoms with Crippen LogP contribution in [0.2, 0.25) is 0 Å². The second kappa shape index (κ2) is 7.88. The van der Waals surface area contributed by atoms with Gasteiger partial charge in [-0.3, -0.25) is 9.69 Å². The van der Waals surface area contributed by atoms with E-state index < -0.39 is 0 Å². The maximum Gasteiger partial charge on any atom is 0.254 e. The molecule has 1 aliphatic heterocycles. The second-order valence-corrected chi connectivity index (χ2v) is 6.78. The number of hydrogen-bond donors (Lipinski definition) is 2. The number of nitrogens with zero attached hydrogens (tertiary/aromatic N) is 4. The molecular formula is C20H21N5O4. The first-order valence-corrected chi connectivity index (χ1v) is 9.12. The number of methoxy groups -OCH3 is 2. The number of H-pyrrole nitrogens is 1. The van der Waals surface area contributed by atoms with Gasteiger partial charge in [-0.1, -0.05) is 0 Å². The maximum atomic E-state index is 12.5. The van der Waals surface area contributed by atoms with E-state index in [0.717, 1.165) is 11.3 Å². The Morgan fingerprint density at radius 3 is 2.72 bits per heavy atom. The number of phenolic OH excluding ortho intramolecular Hbond substituents is 1. The lowest BCUT2D eigenvalue weighted by molar-refractivity contribution is 0.239. The first kappa shape index (κ1) is 18.9. The fourth-order valence-electron chi connectivity index (χ4n) is 3.54. The average Bonchev–Trinajstić information content (AvgIpc) is 2.73. The molecule has 2 aromatic heterocycles. The van der Waals surface area contributed by atoms with Crippen LogP contribution in [0.4, 0.5) is 0 Å². The Balaban J connectivity index is 1.60. The predicted molar refractivity (Wildman–Crippen MR) is 105 cm³/mol. The molecule has 150 valence electrons. The van der Waals surface area contributed by atoms with E-state index in [9.17, 15) is 9.90 Å². The number of aromatic nitrogens is 4. The highest BCUT2D eigenvalue weighted by atomic mass is 16.5. The summed E-state index contributed by atoms with van der Waals surface area (Å²) in [7, 11) is 3.01. The van der Waals surface area contributed by atoms with Crippen LogP contribution in [0.25, 0.3) is 11.4 Å². The quantitative estimate of drug-likeness (QED) is 0.668. The summed E-state index contributed by atoms with van der Waals surface area (Å²) in [5.41, 5.74) is 2.86. The van der Waals surface area contributed by atoms with E-state index in [1.165, 1.54) is 20.5 Å². The van der Waals surface area contributed by atoms with Crippen LogP contribution in [0, 0.1) is 0 Å². The van der Waals surface area contributed by atoms with Gasteiger partial charge in [0.15, 0.2) is 11.5 Å². The fraction of sp³-hybridized carbons (Fsp3) is 0.300. The molecule has 0 fully saturated rings. The van der Waals surface area contributed by atoms with Crippen LogP contribution in [0.3, 0.4) is 0 Å². The third-order valence-corrected chi connectivity index (χ3v) is 4.91. The Hall–Kier alpha value is -3.46. The summed E-state index contributed by atoms with van der Waals surface area (Å²) >= 11 is 0. The average molecular weight is 395 g/mol. The minimum Gasteiger partial charge on any atom is -0.504 e. The van der Waals surface area contributed by atoms with Gasteiger partial charge in [0.1, 0.15) is 12.2 Å². The third-order valence-electron chi connectivity index (χ3n) is 4.91. The van der Waals surface area contributed by atoms with Crippen molar-refractivity contribution in [1.29, 1.82) is 0 Å². The van der Waals surface area contributed by atoms with Crippen LogP contribution in [-0.2, 0) is 19.5 Å². The second-order valence-electron chi connectivity index (χ2n) is 6.78. The molecule has 9 nitrogen and oxygen atoms in total. The molecule has 0 spiro atoms. The maximum absolute atomic E-state index is 12.5. The van der Waals surface area contributed by atoms with Crippen LogP contribution >= 0.6 is 0 Å². The molecular weight excluding hydrogens is 374 g/mol. The first-order chi connectivity index (χ1) is 14.1. The standard InChI is InChI=1S/C20H21N5O4/c1-28-17-6-12(5-16(26)18(17)29-2)9-25-4-3-14-15(10-25)23-19(24-20(14)27)13-7-21-11-22-8-13/h5-8,11,26H,3-4,9-10H2,1-2H3,(H,23,24,27). The molecule has 9 heteroatoms. The molecule has 0 saturated carbocycles. The van der Waals surface area contributed by atoms with Gasteiger partial charge in [-0.25, -0.2) is 15.0 Å². The number of hydrogen-bond acceptors (Lipinski definition) is 8. The largest absolute Gasteiger partial charge is 0.504 e. The zero-order valence-corrected chi connectivity index (χ0v) is 16.2. The van der Waals surface area contributed by atoms with E-state index in [1.54, 1.807) is 18.5 Å². The number of phenols is 1. The molecule has 3 heterocycles. The number of rotatable bonds is 5. The van der Waals surface area contributed by atoms with Crippen LogP contribution in [0.1, 0.15) is 16.8 Å². The van der Waals surface area contributed by atoms with Gasteiger partial charge in [-0.2, -0.15) is 0 Å². The molecule has 0 bridgehead atoms. The van der Waals surface area contributed by atoms with E-state index in [-0.39, 0.29) is 11.3 Å². The highest BCUT2D eigenvalue weighted by Crippen LogP contribution is 2.37. The summed E-state index contributed by atoms with van der Waals surface area (Å²) < 4.78 is 10.5. The van der Waals surface area contributed by atoms with E-state index in [2.05, 4.69) is 24.8 Å². The normalized spacial score (nSPS) is 13.7. The zero-order chi connectivity index (χ0) is 20.4. The fourth-order valence-corrected chi connectivity index (χ4v) is 3.54. The monoisotopic (exact) mass is 395 g/mol. The number of aromatic hydroxyl groups is 1. The number of aromatic amines is 1. The van der Waals surface area contributed by atoms with Crippen molar-refractivity contribution >= 4 is 0 Å². The van der Waals surface area contributed by atoms with Crippen LogP contribution in [0.5, 0.6) is 17.2 Å². The van der Waals surface area contributed by atoms with Gasteiger partial charge in [-0.05, 0) is 24.1 Å². The summed E-state index contributed by atoms with van der Waals surface area (Å²) in [5, 5.41) is 10.2. The molecule has 3 aromatic rings. The van der Waals surface area contributed by atoms with E-state index in [0.29, 0.717) is 54.5 Å². The van der Waals surface area contributed by atoms with Crippen molar-refractivity contribution in [3.8, 4) is 28.6 Å². The molecule has 0 aliphatic carbocycles. The van der Waals surface area contributed by atoms with Crippen molar-refractivity contribution < 1.29 is 14.6 Å². The summed E-state index contributed by atoms with van der Waals surface area (Å²) in [5.74, 6) is 1.27. The number of benzene rings is 1. The van der Waals surface area contributed by atoms with Crippen molar-refractivity contribution in [3.05, 3.63) is 58.0 Å². The molecule has 0 unspecified atom stereocenters. The van der Waals surface area contributed by atoms with Crippen molar-refractivity contribution in [2.24, 2.45) is 0 Å². The van der Waals surface area contributed by atoms with Crippen molar-refractivity contribution in [1.82, 2.24) is 24.8 Å². The lowest BCUT2D eigenvalue weighted by atomic mass is 10.0. The van der Waals surface area contributed by atoms with Crippen molar-refractivity contribution in [2.45, 2.75) is 19.5 Å². The SMILES string of the molecule is COc1cc(CN2CCc3c(nc(-c4cncnc4)[nH]c3=O)C2)cc(O)c1OC. The Morgan fingerprint density at radius 2 is 2.00 bits per heavy atom.